The molecule has 8 heteroatoms. The molecule has 184 valence electrons. The predicted molar refractivity (Wildman–Crippen MR) is 140 cm³/mol. The number of rotatable bonds is 7. The van der Waals surface area contributed by atoms with E-state index in [9.17, 15) is 4.79 Å². The highest BCUT2D eigenvalue weighted by atomic mass is 16.5. The van der Waals surface area contributed by atoms with Crippen molar-refractivity contribution < 1.29 is 19.0 Å². The zero-order valence-corrected chi connectivity index (χ0v) is 20.3. The molecule has 1 N–H and O–H groups in total. The molecular formula is C28H28N4O4. The van der Waals surface area contributed by atoms with E-state index in [4.69, 9.17) is 14.2 Å². The van der Waals surface area contributed by atoms with Crippen molar-refractivity contribution in [1.82, 2.24) is 9.78 Å². The Bertz CT molecular complexity index is 1350. The van der Waals surface area contributed by atoms with E-state index in [0.717, 1.165) is 30.0 Å². The minimum atomic E-state index is -0.298. The number of para-hydroxylation sites is 1. The smallest absolute Gasteiger partial charge is 0.276 e. The summed E-state index contributed by atoms with van der Waals surface area (Å²) >= 11 is 0. The van der Waals surface area contributed by atoms with Crippen molar-refractivity contribution in [2.45, 2.75) is 0 Å². The van der Waals surface area contributed by atoms with E-state index in [1.54, 1.807) is 18.9 Å². The zero-order chi connectivity index (χ0) is 24.9. The van der Waals surface area contributed by atoms with Crippen LogP contribution in [0.2, 0.25) is 0 Å². The van der Waals surface area contributed by atoms with Gasteiger partial charge in [-0.3, -0.25) is 4.79 Å². The second-order valence-electron chi connectivity index (χ2n) is 8.35. The van der Waals surface area contributed by atoms with Gasteiger partial charge in [0.15, 0.2) is 17.2 Å². The Labute approximate surface area is 210 Å². The first kappa shape index (κ1) is 23.4. The van der Waals surface area contributed by atoms with Gasteiger partial charge in [-0.15, -0.1) is 0 Å². The number of methoxy groups -OCH3 is 2. The number of nitrogens with zero attached hydrogens (tertiary/aromatic N) is 3. The molecule has 0 bridgehead atoms. The molecule has 2 heterocycles. The Balaban J connectivity index is 1.50. The molecule has 0 unspecified atom stereocenters. The van der Waals surface area contributed by atoms with Crippen LogP contribution in [0.1, 0.15) is 10.5 Å². The van der Waals surface area contributed by atoms with Gasteiger partial charge in [0.05, 0.1) is 33.1 Å². The molecule has 1 amide bonds. The molecule has 1 aliphatic heterocycles. The molecule has 1 fully saturated rings. The van der Waals surface area contributed by atoms with Crippen LogP contribution in [0.4, 0.5) is 11.4 Å². The summed E-state index contributed by atoms with van der Waals surface area (Å²) in [5, 5.41) is 7.70. The second-order valence-corrected chi connectivity index (χ2v) is 8.35. The van der Waals surface area contributed by atoms with Crippen molar-refractivity contribution in [3.8, 4) is 28.3 Å². The Morgan fingerprint density at radius 1 is 0.889 bits per heavy atom. The molecule has 4 aromatic rings. The highest BCUT2D eigenvalue weighted by Crippen LogP contribution is 2.34. The number of aromatic nitrogens is 2. The summed E-state index contributed by atoms with van der Waals surface area (Å²) in [6.07, 6.45) is 1.86. The molecule has 8 nitrogen and oxygen atoms in total. The minimum absolute atomic E-state index is 0.298. The summed E-state index contributed by atoms with van der Waals surface area (Å²) in [6.45, 7) is 3.04. The number of amides is 1. The summed E-state index contributed by atoms with van der Waals surface area (Å²) in [7, 11) is 3.18. The van der Waals surface area contributed by atoms with Gasteiger partial charge in [-0.25, -0.2) is 4.68 Å². The molecule has 0 spiro atoms. The molecule has 36 heavy (non-hydrogen) atoms. The quantitative estimate of drug-likeness (QED) is 0.412. The summed E-state index contributed by atoms with van der Waals surface area (Å²) in [4.78, 5) is 15.8. The fourth-order valence-electron chi connectivity index (χ4n) is 4.26. The lowest BCUT2D eigenvalue weighted by molar-refractivity contribution is 0.102. The van der Waals surface area contributed by atoms with Gasteiger partial charge in [0.1, 0.15) is 0 Å². The molecule has 0 atom stereocenters. The first-order valence-electron chi connectivity index (χ1n) is 11.8. The van der Waals surface area contributed by atoms with Gasteiger partial charge in [-0.2, -0.15) is 5.10 Å². The number of ether oxygens (including phenoxy) is 3. The van der Waals surface area contributed by atoms with Crippen LogP contribution < -0.4 is 19.7 Å². The summed E-state index contributed by atoms with van der Waals surface area (Å²) < 4.78 is 18.0. The summed E-state index contributed by atoms with van der Waals surface area (Å²) in [5.74, 6) is 0.892. The SMILES string of the molecule is COc1ccc(-c2cn(-c3ccccc3)nc2C(=O)Nc2cccc(N3CCOCC3)c2)cc1OC. The normalized spacial score (nSPS) is 13.3. The van der Waals surface area contributed by atoms with Gasteiger partial charge in [0, 0.05) is 36.2 Å². The largest absolute Gasteiger partial charge is 0.493 e. The lowest BCUT2D eigenvalue weighted by atomic mass is 10.1. The van der Waals surface area contributed by atoms with Crippen molar-refractivity contribution in [2.75, 3.05) is 50.7 Å². The molecule has 1 aromatic heterocycles. The van der Waals surface area contributed by atoms with E-state index in [0.29, 0.717) is 41.7 Å². The van der Waals surface area contributed by atoms with Gasteiger partial charge in [-0.05, 0) is 48.0 Å². The number of anilines is 2. The molecule has 0 radical (unpaired) electrons. The first-order valence-corrected chi connectivity index (χ1v) is 11.8. The van der Waals surface area contributed by atoms with Crippen molar-refractivity contribution in [2.24, 2.45) is 0 Å². The molecule has 5 rings (SSSR count). The third-order valence-corrected chi connectivity index (χ3v) is 6.12. The monoisotopic (exact) mass is 484 g/mol. The van der Waals surface area contributed by atoms with Crippen molar-refractivity contribution in [1.29, 1.82) is 0 Å². The lowest BCUT2D eigenvalue weighted by Crippen LogP contribution is -2.36. The van der Waals surface area contributed by atoms with Crippen LogP contribution in [0.5, 0.6) is 11.5 Å². The van der Waals surface area contributed by atoms with Gasteiger partial charge in [-0.1, -0.05) is 30.3 Å². The van der Waals surface area contributed by atoms with Crippen LogP contribution in [0.3, 0.4) is 0 Å². The van der Waals surface area contributed by atoms with Crippen molar-refractivity contribution in [3.05, 3.63) is 84.7 Å². The maximum atomic E-state index is 13.5. The number of carbonyl (C=O) groups is 1. The molecule has 3 aromatic carbocycles. The number of benzene rings is 3. The lowest BCUT2D eigenvalue weighted by Gasteiger charge is -2.29. The van der Waals surface area contributed by atoms with Crippen LogP contribution in [0, 0.1) is 0 Å². The fourth-order valence-corrected chi connectivity index (χ4v) is 4.26. The van der Waals surface area contributed by atoms with E-state index in [-0.39, 0.29) is 5.91 Å². The fraction of sp³-hybridized carbons (Fsp3) is 0.214. The minimum Gasteiger partial charge on any atom is -0.493 e. The van der Waals surface area contributed by atoms with Crippen LogP contribution in [-0.4, -0.2) is 56.2 Å². The molecular weight excluding hydrogens is 456 g/mol. The van der Waals surface area contributed by atoms with E-state index < -0.39 is 0 Å². The molecule has 1 aliphatic rings. The van der Waals surface area contributed by atoms with Crippen molar-refractivity contribution in [3.63, 3.8) is 0 Å². The van der Waals surface area contributed by atoms with Crippen LogP contribution >= 0.6 is 0 Å². The van der Waals surface area contributed by atoms with E-state index in [2.05, 4.69) is 15.3 Å². The Kier molecular flexibility index (Phi) is 6.86. The van der Waals surface area contributed by atoms with Gasteiger partial charge >= 0.3 is 0 Å². The Hall–Kier alpha value is -4.30. The van der Waals surface area contributed by atoms with Gasteiger partial charge in [0.25, 0.3) is 5.91 Å². The average molecular weight is 485 g/mol. The van der Waals surface area contributed by atoms with Crippen LogP contribution in [0.15, 0.2) is 79.0 Å². The van der Waals surface area contributed by atoms with E-state index in [1.165, 1.54) is 0 Å². The Morgan fingerprint density at radius 3 is 2.39 bits per heavy atom. The van der Waals surface area contributed by atoms with Crippen molar-refractivity contribution >= 4 is 17.3 Å². The summed E-state index contributed by atoms with van der Waals surface area (Å²) in [5.41, 5.74) is 4.39. The topological polar surface area (TPSA) is 77.9 Å². The number of carbonyl (C=O) groups excluding carboxylic acids is 1. The standard InChI is InChI=1S/C28H28N4O4/c1-34-25-12-11-20(17-26(25)35-2)24-19-32(22-8-4-3-5-9-22)30-27(24)28(33)29-21-7-6-10-23(18-21)31-13-15-36-16-14-31/h3-12,17-19H,13-16H2,1-2H3,(H,29,33). The highest BCUT2D eigenvalue weighted by Gasteiger charge is 2.21. The molecule has 0 aliphatic carbocycles. The second kappa shape index (κ2) is 10.5. The van der Waals surface area contributed by atoms with Gasteiger partial charge < -0.3 is 24.4 Å². The third kappa shape index (κ3) is 4.89. The van der Waals surface area contributed by atoms with Crippen LogP contribution in [-0.2, 0) is 4.74 Å². The number of nitrogens with one attached hydrogen (secondary N) is 1. The number of morpholine rings is 1. The van der Waals surface area contributed by atoms with Gasteiger partial charge in [0.2, 0.25) is 0 Å². The summed E-state index contributed by atoms with van der Waals surface area (Å²) in [6, 6.07) is 23.1. The maximum Gasteiger partial charge on any atom is 0.276 e. The number of hydrogen-bond donors (Lipinski definition) is 1. The highest BCUT2D eigenvalue weighted by molar-refractivity contribution is 6.07. The predicted octanol–water partition coefficient (Wildman–Crippen LogP) is 4.65. The first-order chi connectivity index (χ1) is 17.7. The zero-order valence-electron chi connectivity index (χ0n) is 20.3. The van der Waals surface area contributed by atoms with E-state index >= 15 is 0 Å². The molecule has 1 saturated heterocycles. The number of hydrogen-bond acceptors (Lipinski definition) is 6. The molecule has 0 saturated carbocycles. The van der Waals surface area contributed by atoms with Crippen LogP contribution in [0.25, 0.3) is 16.8 Å². The maximum absolute atomic E-state index is 13.5. The average Bonchev–Trinajstić information content (AvgIpc) is 3.40. The Morgan fingerprint density at radius 2 is 1.64 bits per heavy atom. The van der Waals surface area contributed by atoms with E-state index in [1.807, 2.05) is 79.0 Å². The third-order valence-electron chi connectivity index (χ3n) is 6.12.